The van der Waals surface area contributed by atoms with Crippen LogP contribution in [0, 0.1) is 29.6 Å². The van der Waals surface area contributed by atoms with E-state index in [1.165, 1.54) is 32.4 Å². The summed E-state index contributed by atoms with van der Waals surface area (Å²) in [5.74, 6) is 20.0. The molecule has 7 rings (SSSR count). The standard InChI is InChI=1S/C50H60N12O2S2/c1-4-27-65-50-58-47(56-22-20-51)46(52)48(59-50)62(53)32-35-10-8-34(9-11-35)7-6-21-57-49(64)38-18-24-60(25-19-38)26-23-55-45(63)17-13-37-29-44(66-33-37)39-14-15-40-41-28-36(31-54-3)12-16-42(41)61(5-2)43(40)30-39/h8-12,14-16,28-30,33,38,54H,4-5,18-27,31-32,51-53H2,1-3H3,(H,55,63)(H,57,64)(H,56,58,59). The van der Waals surface area contributed by atoms with E-state index in [1.807, 2.05) is 36.7 Å². The highest BCUT2D eigenvalue weighted by Crippen LogP contribution is 2.35. The van der Waals surface area contributed by atoms with Crippen LogP contribution in [0.25, 0.3) is 32.2 Å². The molecule has 0 radical (unpaired) electrons. The largest absolute Gasteiger partial charge is 0.393 e. The van der Waals surface area contributed by atoms with Crippen molar-refractivity contribution in [3.05, 3.63) is 94.4 Å². The smallest absolute Gasteiger partial charge is 0.296 e. The number of nitrogens with zero attached hydrogens (tertiary/aromatic N) is 5. The maximum absolute atomic E-state index is 12.9. The minimum atomic E-state index is -0.298. The van der Waals surface area contributed by atoms with Crippen LogP contribution in [0.2, 0.25) is 0 Å². The molecule has 2 amide bonds. The minimum absolute atomic E-state index is 0.0210. The van der Waals surface area contributed by atoms with Gasteiger partial charge in [0.15, 0.2) is 16.8 Å². The molecule has 16 heteroatoms. The first-order chi connectivity index (χ1) is 32.2. The van der Waals surface area contributed by atoms with Crippen LogP contribution in [0.5, 0.6) is 0 Å². The van der Waals surface area contributed by atoms with Crippen LogP contribution in [-0.2, 0) is 29.2 Å². The van der Waals surface area contributed by atoms with Gasteiger partial charge in [-0.3, -0.25) is 14.6 Å². The molecule has 0 spiro atoms. The van der Waals surface area contributed by atoms with Gasteiger partial charge in [-0.05, 0) is 99.4 Å². The number of piperidine rings is 1. The monoisotopic (exact) mass is 924 g/mol. The number of anilines is 3. The van der Waals surface area contributed by atoms with Gasteiger partial charge in [0, 0.05) is 100 Å². The van der Waals surface area contributed by atoms with Gasteiger partial charge in [-0.15, -0.1) is 11.3 Å². The first-order valence-electron chi connectivity index (χ1n) is 22.6. The average Bonchev–Trinajstić information content (AvgIpc) is 3.94. The molecule has 0 bridgehead atoms. The third-order valence-electron chi connectivity index (χ3n) is 11.4. The zero-order valence-corrected chi connectivity index (χ0v) is 39.6. The Morgan fingerprint density at radius 2 is 1.73 bits per heavy atom. The lowest BCUT2D eigenvalue weighted by atomic mass is 9.96. The summed E-state index contributed by atoms with van der Waals surface area (Å²) in [6.45, 7) is 10.4. The van der Waals surface area contributed by atoms with Crippen molar-refractivity contribution in [1.29, 1.82) is 0 Å². The zero-order valence-electron chi connectivity index (χ0n) is 38.0. The number of nitrogen functional groups attached to an aromatic ring is 1. The van der Waals surface area contributed by atoms with Crippen molar-refractivity contribution >= 4 is 74.0 Å². The van der Waals surface area contributed by atoms with Crippen molar-refractivity contribution in [2.45, 2.75) is 57.9 Å². The average molecular weight is 925 g/mol. The third kappa shape index (κ3) is 12.2. The Morgan fingerprint density at radius 1 is 0.924 bits per heavy atom. The maximum atomic E-state index is 12.9. The van der Waals surface area contributed by atoms with Gasteiger partial charge in [0.2, 0.25) is 5.91 Å². The molecule has 6 aromatic rings. The Bertz CT molecular complexity index is 2760. The molecule has 0 saturated carbocycles. The number of rotatable bonds is 18. The number of carbonyl (C=O) groups is 2. The summed E-state index contributed by atoms with van der Waals surface area (Å²) in [4.78, 5) is 38.2. The van der Waals surface area contributed by atoms with E-state index in [0.717, 1.165) is 78.3 Å². The molecule has 14 nitrogen and oxygen atoms in total. The number of hydrogen-bond acceptors (Lipinski definition) is 13. The van der Waals surface area contributed by atoms with Gasteiger partial charge in [0.05, 0.1) is 13.1 Å². The van der Waals surface area contributed by atoms with Crippen molar-refractivity contribution in [2.24, 2.45) is 17.5 Å². The van der Waals surface area contributed by atoms with E-state index in [1.54, 1.807) is 23.1 Å². The molecule has 1 aliphatic heterocycles. The van der Waals surface area contributed by atoms with Gasteiger partial charge in [0.1, 0.15) is 5.69 Å². The number of carbonyl (C=O) groups excluding carboxylic acids is 2. The van der Waals surface area contributed by atoms with E-state index in [-0.39, 0.29) is 24.3 Å². The number of benzene rings is 3. The molecular weight excluding hydrogens is 865 g/mol. The number of aryl methyl sites for hydroxylation is 1. The highest BCUT2D eigenvalue weighted by Gasteiger charge is 2.24. The molecule has 344 valence electrons. The predicted molar refractivity (Wildman–Crippen MR) is 272 cm³/mol. The number of hydrazine groups is 1. The minimum Gasteiger partial charge on any atom is -0.393 e. The summed E-state index contributed by atoms with van der Waals surface area (Å²) in [6.07, 6.45) is 2.49. The van der Waals surface area contributed by atoms with Gasteiger partial charge in [-0.25, -0.2) is 15.8 Å². The lowest BCUT2D eigenvalue weighted by Gasteiger charge is -2.31. The Hall–Kier alpha value is -6.11. The summed E-state index contributed by atoms with van der Waals surface area (Å²) < 4.78 is 2.37. The molecule has 0 aliphatic carbocycles. The quantitative estimate of drug-likeness (QED) is 0.0182. The van der Waals surface area contributed by atoms with E-state index in [2.05, 4.69) is 121 Å². The van der Waals surface area contributed by atoms with Crippen molar-refractivity contribution < 1.29 is 9.59 Å². The van der Waals surface area contributed by atoms with Crippen LogP contribution < -0.4 is 43.6 Å². The number of likely N-dealkylation sites (tertiary alicyclic amines) is 1. The van der Waals surface area contributed by atoms with Gasteiger partial charge < -0.3 is 42.2 Å². The first-order valence-corrected chi connectivity index (χ1v) is 24.5. The van der Waals surface area contributed by atoms with Gasteiger partial charge in [-0.1, -0.05) is 66.8 Å². The Balaban J connectivity index is 0.813. The van der Waals surface area contributed by atoms with Crippen LogP contribution in [0.15, 0.2) is 77.3 Å². The number of thioether (sulfide) groups is 1. The SMILES string of the molecule is CCCSc1nc(NCCN)c(N)c(N(N)Cc2ccc(C#CCNC(=O)C3CCN(CCNC(=O)C#Cc4csc(-c5ccc6c7cc(CNC)ccc7n(CC)c6c5)c4)CC3)cc2)n1. The fraction of sp³-hybridized carbons (Fsp3) is 0.360. The molecule has 0 atom stereocenters. The third-order valence-corrected chi connectivity index (χ3v) is 13.5. The number of nitrogens with one attached hydrogen (secondary N) is 4. The van der Waals surface area contributed by atoms with Crippen molar-refractivity contribution in [3.63, 3.8) is 0 Å². The highest BCUT2D eigenvalue weighted by atomic mass is 32.2. The van der Waals surface area contributed by atoms with Crippen LogP contribution in [0.1, 0.15) is 55.4 Å². The summed E-state index contributed by atoms with van der Waals surface area (Å²) in [5, 5.41) is 19.0. The van der Waals surface area contributed by atoms with E-state index in [4.69, 9.17) is 17.3 Å². The molecule has 0 unspecified atom stereocenters. The van der Waals surface area contributed by atoms with Crippen LogP contribution in [0.3, 0.4) is 0 Å². The van der Waals surface area contributed by atoms with Crippen molar-refractivity contribution in [1.82, 2.24) is 35.4 Å². The summed E-state index contributed by atoms with van der Waals surface area (Å²) in [6, 6.07) is 23.2. The van der Waals surface area contributed by atoms with Crippen molar-refractivity contribution in [3.8, 4) is 34.1 Å². The second-order valence-corrected chi connectivity index (χ2v) is 18.2. The van der Waals surface area contributed by atoms with Crippen molar-refractivity contribution in [2.75, 3.05) is 74.7 Å². The molecule has 3 aromatic heterocycles. The highest BCUT2D eigenvalue weighted by molar-refractivity contribution is 7.99. The topological polar surface area (TPSA) is 198 Å². The van der Waals surface area contributed by atoms with Crippen LogP contribution in [0.4, 0.5) is 17.3 Å². The van der Waals surface area contributed by atoms with Crippen LogP contribution >= 0.6 is 23.1 Å². The number of aromatic nitrogens is 3. The van der Waals surface area contributed by atoms with Gasteiger partial charge in [-0.2, -0.15) is 0 Å². The number of thiophene rings is 1. The number of hydrogen-bond donors (Lipinski definition) is 7. The van der Waals surface area contributed by atoms with Crippen LogP contribution in [-0.4, -0.2) is 89.9 Å². The molecule has 1 saturated heterocycles. The molecular formula is C50H60N12O2S2. The second kappa shape index (κ2) is 23.4. The second-order valence-electron chi connectivity index (χ2n) is 16.2. The molecule has 4 heterocycles. The van der Waals surface area contributed by atoms with E-state index >= 15 is 0 Å². The summed E-state index contributed by atoms with van der Waals surface area (Å²) >= 11 is 3.18. The molecule has 3 aromatic carbocycles. The van der Waals surface area contributed by atoms with Gasteiger partial charge >= 0.3 is 0 Å². The first kappa shape index (κ1) is 47.8. The summed E-state index contributed by atoms with van der Waals surface area (Å²) in [5.41, 5.74) is 19.9. The Morgan fingerprint density at radius 3 is 2.48 bits per heavy atom. The van der Waals surface area contributed by atoms with E-state index in [0.29, 0.717) is 55.2 Å². The molecule has 10 N–H and O–H groups in total. The number of fused-ring (bicyclic) bond motifs is 3. The zero-order chi connectivity index (χ0) is 46.4. The molecule has 66 heavy (non-hydrogen) atoms. The Kier molecular flexibility index (Phi) is 16.9. The lowest BCUT2D eigenvalue weighted by Crippen LogP contribution is -2.43. The van der Waals surface area contributed by atoms with E-state index in [9.17, 15) is 9.59 Å². The van der Waals surface area contributed by atoms with Gasteiger partial charge in [0.25, 0.3) is 5.91 Å². The predicted octanol–water partition coefficient (Wildman–Crippen LogP) is 5.74. The molecule has 1 aliphatic rings. The summed E-state index contributed by atoms with van der Waals surface area (Å²) in [7, 11) is 1.97. The lowest BCUT2D eigenvalue weighted by molar-refractivity contribution is -0.126. The molecule has 1 fully saturated rings. The number of nitrogens with two attached hydrogens (primary N) is 3. The normalized spacial score (nSPS) is 12.9. The number of amides is 2. The maximum Gasteiger partial charge on any atom is 0.296 e. The van der Waals surface area contributed by atoms with E-state index < -0.39 is 0 Å². The fourth-order valence-corrected chi connectivity index (χ4v) is 9.59. The fourth-order valence-electron chi connectivity index (χ4n) is 8.05. The Labute approximate surface area is 395 Å².